The van der Waals surface area contributed by atoms with Gasteiger partial charge in [-0.3, -0.25) is 0 Å². The first-order chi connectivity index (χ1) is 26.3. The third-order valence-electron chi connectivity index (χ3n) is 10.6. The molecule has 0 radical (unpaired) electrons. The Hall–Kier alpha value is -6.26. The average molecular weight is 710 g/mol. The van der Waals surface area contributed by atoms with Crippen molar-refractivity contribution in [3.05, 3.63) is 188 Å². The van der Waals surface area contributed by atoms with Crippen LogP contribution in [0.25, 0.3) is 84.1 Å². The monoisotopic (exact) mass is 709 g/mol. The number of para-hydroxylation sites is 1. The average Bonchev–Trinajstić information content (AvgIpc) is 3.81. The molecule has 2 aromatic heterocycles. The Morgan fingerprint density at radius 2 is 0.943 bits per heavy atom. The molecule has 1 nitrogen and oxygen atoms in total. The quantitative estimate of drug-likeness (QED) is 0.172. The molecule has 0 atom stereocenters. The van der Waals surface area contributed by atoms with Crippen LogP contribution in [-0.4, -0.2) is 0 Å². The minimum absolute atomic E-state index is 1.14. The van der Waals surface area contributed by atoms with Crippen LogP contribution in [0.1, 0.15) is 0 Å². The van der Waals surface area contributed by atoms with Gasteiger partial charge in [0.1, 0.15) is 0 Å². The summed E-state index contributed by atoms with van der Waals surface area (Å²) in [5, 5.41) is 10.3. The van der Waals surface area contributed by atoms with Crippen molar-refractivity contribution in [2.75, 3.05) is 4.90 Å². The Labute approximate surface area is 315 Å². The van der Waals surface area contributed by atoms with Crippen molar-refractivity contribution in [2.45, 2.75) is 0 Å². The molecule has 248 valence electrons. The van der Waals surface area contributed by atoms with E-state index in [4.69, 9.17) is 0 Å². The van der Waals surface area contributed by atoms with E-state index in [2.05, 4.69) is 193 Å². The topological polar surface area (TPSA) is 3.24 Å². The summed E-state index contributed by atoms with van der Waals surface area (Å²) in [4.78, 5) is 2.44. The molecule has 0 spiro atoms. The molecule has 0 aliphatic carbocycles. The number of fused-ring (bicyclic) bond motifs is 9. The summed E-state index contributed by atoms with van der Waals surface area (Å²) in [6.45, 7) is 0. The van der Waals surface area contributed by atoms with Crippen LogP contribution in [0.15, 0.2) is 188 Å². The van der Waals surface area contributed by atoms with Gasteiger partial charge in [-0.2, -0.15) is 0 Å². The van der Waals surface area contributed by atoms with Crippen molar-refractivity contribution in [3.63, 3.8) is 0 Å². The molecule has 0 N–H and O–H groups in total. The molecule has 53 heavy (non-hydrogen) atoms. The SMILES string of the molecule is c1ccc(-c2cccc3sc4c(-c5cccc6sc7c8ccccc8c(N(c8ccccc8)c8ccc9ccccc9c8)cc7c56)cccc4c23)cc1. The Morgan fingerprint density at radius 1 is 0.340 bits per heavy atom. The number of thiophene rings is 2. The fourth-order valence-electron chi connectivity index (χ4n) is 8.28. The summed E-state index contributed by atoms with van der Waals surface area (Å²) >= 11 is 3.82. The predicted molar refractivity (Wildman–Crippen MR) is 233 cm³/mol. The van der Waals surface area contributed by atoms with E-state index in [0.29, 0.717) is 0 Å². The molecule has 0 bridgehead atoms. The van der Waals surface area contributed by atoms with Crippen LogP contribution in [0.5, 0.6) is 0 Å². The summed E-state index contributed by atoms with van der Waals surface area (Å²) in [6.07, 6.45) is 0. The van der Waals surface area contributed by atoms with E-state index >= 15 is 0 Å². The maximum absolute atomic E-state index is 2.46. The minimum Gasteiger partial charge on any atom is -0.310 e. The van der Waals surface area contributed by atoms with Crippen molar-refractivity contribution in [1.29, 1.82) is 0 Å². The minimum atomic E-state index is 1.14. The highest BCUT2D eigenvalue weighted by molar-refractivity contribution is 7.27. The standard InChI is InChI=1S/C50H31NS2/c1-3-15-33(16-4-1)37-22-12-26-45-47(37)42-25-11-24-41(49(42)52-45)39-23-13-27-46-48(39)43-31-44(38-20-9-10-21-40(38)50(43)53-46)51(35-18-5-2-6-19-35)36-29-28-32-14-7-8-17-34(32)30-36/h1-31H. The molecule has 0 fully saturated rings. The van der Waals surface area contributed by atoms with Crippen molar-refractivity contribution < 1.29 is 0 Å². The number of nitrogens with zero attached hydrogens (tertiary/aromatic N) is 1. The van der Waals surface area contributed by atoms with Gasteiger partial charge in [-0.25, -0.2) is 0 Å². The highest BCUT2D eigenvalue weighted by Gasteiger charge is 2.22. The van der Waals surface area contributed by atoms with Crippen LogP contribution in [0.4, 0.5) is 17.1 Å². The van der Waals surface area contributed by atoms with E-state index in [1.807, 2.05) is 22.7 Å². The van der Waals surface area contributed by atoms with Gasteiger partial charge in [-0.15, -0.1) is 22.7 Å². The molecular weight excluding hydrogens is 679 g/mol. The van der Waals surface area contributed by atoms with Gasteiger partial charge in [0.15, 0.2) is 0 Å². The van der Waals surface area contributed by atoms with E-state index in [1.54, 1.807) is 0 Å². The summed E-state index contributed by atoms with van der Waals surface area (Å²) in [6, 6.07) is 69.0. The second kappa shape index (κ2) is 12.2. The molecule has 0 saturated heterocycles. The Morgan fingerprint density at radius 3 is 1.75 bits per heavy atom. The smallest absolute Gasteiger partial charge is 0.0547 e. The van der Waals surface area contributed by atoms with Crippen molar-refractivity contribution in [3.8, 4) is 22.3 Å². The van der Waals surface area contributed by atoms with E-state index in [-0.39, 0.29) is 0 Å². The number of rotatable bonds is 5. The largest absolute Gasteiger partial charge is 0.310 e. The number of benzene rings is 9. The molecule has 0 saturated carbocycles. The molecule has 0 aliphatic heterocycles. The summed E-state index contributed by atoms with van der Waals surface area (Å²) < 4.78 is 5.28. The summed E-state index contributed by atoms with van der Waals surface area (Å²) in [5.41, 5.74) is 8.57. The zero-order valence-corrected chi connectivity index (χ0v) is 30.3. The lowest BCUT2D eigenvalue weighted by atomic mass is 9.95. The fourth-order valence-corrected chi connectivity index (χ4v) is 10.8. The molecule has 0 amide bonds. The van der Waals surface area contributed by atoms with E-state index in [9.17, 15) is 0 Å². The Kier molecular flexibility index (Phi) is 6.97. The lowest BCUT2D eigenvalue weighted by molar-refractivity contribution is 1.31. The molecule has 3 heteroatoms. The second-order valence-corrected chi connectivity index (χ2v) is 15.7. The highest BCUT2D eigenvalue weighted by atomic mass is 32.1. The number of anilines is 3. The van der Waals surface area contributed by atoms with Gasteiger partial charge < -0.3 is 4.90 Å². The van der Waals surface area contributed by atoms with Gasteiger partial charge >= 0.3 is 0 Å². The Bertz CT molecular complexity index is 3170. The first-order valence-corrected chi connectivity index (χ1v) is 19.6. The van der Waals surface area contributed by atoms with Crippen LogP contribution in [0.2, 0.25) is 0 Å². The maximum atomic E-state index is 2.46. The van der Waals surface area contributed by atoms with Crippen LogP contribution < -0.4 is 4.90 Å². The summed E-state index contributed by atoms with van der Waals surface area (Å²) in [5.74, 6) is 0. The van der Waals surface area contributed by atoms with Crippen LogP contribution in [0.3, 0.4) is 0 Å². The third kappa shape index (κ3) is 4.82. The van der Waals surface area contributed by atoms with Crippen LogP contribution in [0, 0.1) is 0 Å². The second-order valence-electron chi connectivity index (χ2n) is 13.6. The van der Waals surface area contributed by atoms with Gasteiger partial charge in [0.05, 0.1) is 5.69 Å². The molecule has 11 rings (SSSR count). The molecule has 0 unspecified atom stereocenters. The fraction of sp³-hybridized carbons (Fsp3) is 0. The molecular formula is C50H31NS2. The van der Waals surface area contributed by atoms with Crippen LogP contribution in [-0.2, 0) is 0 Å². The molecule has 0 aliphatic rings. The Balaban J connectivity index is 1.20. The zero-order chi connectivity index (χ0) is 34.9. The lowest BCUT2D eigenvalue weighted by Gasteiger charge is -2.27. The lowest BCUT2D eigenvalue weighted by Crippen LogP contribution is -2.10. The van der Waals surface area contributed by atoms with Gasteiger partial charge in [0.2, 0.25) is 0 Å². The van der Waals surface area contributed by atoms with Gasteiger partial charge in [-0.1, -0.05) is 146 Å². The van der Waals surface area contributed by atoms with Crippen LogP contribution >= 0.6 is 22.7 Å². The number of hydrogen-bond donors (Lipinski definition) is 0. The molecule has 2 heterocycles. The van der Waals surface area contributed by atoms with Crippen molar-refractivity contribution in [2.24, 2.45) is 0 Å². The van der Waals surface area contributed by atoms with E-state index < -0.39 is 0 Å². The summed E-state index contributed by atoms with van der Waals surface area (Å²) in [7, 11) is 0. The van der Waals surface area contributed by atoms with E-state index in [0.717, 1.165) is 11.4 Å². The predicted octanol–water partition coefficient (Wildman–Crippen LogP) is 15.5. The highest BCUT2D eigenvalue weighted by Crippen LogP contribution is 2.50. The van der Waals surface area contributed by atoms with Crippen molar-refractivity contribution in [1.82, 2.24) is 0 Å². The molecule has 11 aromatic rings. The first-order valence-electron chi connectivity index (χ1n) is 18.0. The van der Waals surface area contributed by atoms with Gasteiger partial charge in [-0.05, 0) is 69.9 Å². The normalized spacial score (nSPS) is 11.8. The zero-order valence-electron chi connectivity index (χ0n) is 28.7. The van der Waals surface area contributed by atoms with Crippen molar-refractivity contribution >= 4 is 102 Å². The van der Waals surface area contributed by atoms with E-state index in [1.165, 1.54) is 89.8 Å². The van der Waals surface area contributed by atoms with Gasteiger partial charge in [0, 0.05) is 68.1 Å². The third-order valence-corrected chi connectivity index (χ3v) is 13.0. The van der Waals surface area contributed by atoms with Gasteiger partial charge in [0.25, 0.3) is 0 Å². The maximum Gasteiger partial charge on any atom is 0.0547 e. The molecule has 9 aromatic carbocycles. The number of hydrogen-bond acceptors (Lipinski definition) is 3. The first kappa shape index (κ1) is 30.4.